The minimum Gasteiger partial charge on any atom is -0.488 e. The van der Waals surface area contributed by atoms with E-state index in [-0.39, 0.29) is 0 Å². The van der Waals surface area contributed by atoms with Crippen LogP contribution in [0.1, 0.15) is 11.1 Å². The van der Waals surface area contributed by atoms with E-state index < -0.39 is 0 Å². The SMILES string of the molecule is Brc1ccc(COc2ccc(CNc3ccccc3)cc2Br)cc1. The van der Waals surface area contributed by atoms with Crippen molar-refractivity contribution in [2.24, 2.45) is 0 Å². The highest BCUT2D eigenvalue weighted by molar-refractivity contribution is 9.10. The first-order chi connectivity index (χ1) is 11.7. The third-order valence-electron chi connectivity index (χ3n) is 3.57. The van der Waals surface area contributed by atoms with E-state index in [0.29, 0.717) is 6.61 Å². The number of benzene rings is 3. The van der Waals surface area contributed by atoms with E-state index in [2.05, 4.69) is 73.6 Å². The molecule has 0 amide bonds. The molecule has 0 aliphatic heterocycles. The average Bonchev–Trinajstić information content (AvgIpc) is 2.61. The summed E-state index contributed by atoms with van der Waals surface area (Å²) in [6.07, 6.45) is 0. The Bertz CT molecular complexity index is 788. The topological polar surface area (TPSA) is 21.3 Å². The third kappa shape index (κ3) is 4.86. The molecule has 0 aromatic heterocycles. The molecule has 3 aromatic rings. The van der Waals surface area contributed by atoms with E-state index in [4.69, 9.17) is 4.74 Å². The van der Waals surface area contributed by atoms with Gasteiger partial charge in [-0.3, -0.25) is 0 Å². The molecule has 2 nitrogen and oxygen atoms in total. The summed E-state index contributed by atoms with van der Waals surface area (Å²) in [5.41, 5.74) is 3.45. The zero-order valence-corrected chi connectivity index (χ0v) is 16.2. The summed E-state index contributed by atoms with van der Waals surface area (Å²) in [5.74, 6) is 0.848. The van der Waals surface area contributed by atoms with Crippen LogP contribution in [0.3, 0.4) is 0 Å². The summed E-state index contributed by atoms with van der Waals surface area (Å²) in [5, 5.41) is 3.40. The van der Waals surface area contributed by atoms with Gasteiger partial charge in [0.25, 0.3) is 0 Å². The minimum absolute atomic E-state index is 0.549. The van der Waals surface area contributed by atoms with Crippen molar-refractivity contribution in [2.45, 2.75) is 13.2 Å². The zero-order chi connectivity index (χ0) is 16.8. The van der Waals surface area contributed by atoms with Gasteiger partial charge in [0.05, 0.1) is 4.47 Å². The number of anilines is 1. The summed E-state index contributed by atoms with van der Waals surface area (Å²) >= 11 is 7.04. The summed E-state index contributed by atoms with van der Waals surface area (Å²) in [7, 11) is 0. The van der Waals surface area contributed by atoms with Gasteiger partial charge < -0.3 is 10.1 Å². The molecular formula is C20H17Br2NO. The maximum atomic E-state index is 5.90. The predicted octanol–water partition coefficient (Wildman–Crippen LogP) is 6.40. The van der Waals surface area contributed by atoms with Crippen molar-refractivity contribution in [3.63, 3.8) is 0 Å². The highest BCUT2D eigenvalue weighted by atomic mass is 79.9. The van der Waals surface area contributed by atoms with Gasteiger partial charge in [0.1, 0.15) is 12.4 Å². The Hall–Kier alpha value is -1.78. The fourth-order valence-electron chi connectivity index (χ4n) is 2.27. The number of ether oxygens (including phenoxy) is 1. The standard InChI is InChI=1S/C20H17Br2NO/c21-17-9-6-15(7-10-17)14-24-20-11-8-16(12-19(20)22)13-23-18-4-2-1-3-5-18/h1-12,23H,13-14H2. The molecule has 1 N–H and O–H groups in total. The van der Waals surface area contributed by atoms with E-state index in [1.807, 2.05) is 36.4 Å². The van der Waals surface area contributed by atoms with Gasteiger partial charge >= 0.3 is 0 Å². The molecule has 4 heteroatoms. The summed E-state index contributed by atoms with van der Waals surface area (Å²) in [6.45, 7) is 1.32. The summed E-state index contributed by atoms with van der Waals surface area (Å²) in [4.78, 5) is 0. The molecule has 0 aliphatic rings. The van der Waals surface area contributed by atoms with E-state index in [1.54, 1.807) is 0 Å². The zero-order valence-electron chi connectivity index (χ0n) is 13.0. The van der Waals surface area contributed by atoms with Crippen molar-refractivity contribution in [2.75, 3.05) is 5.32 Å². The van der Waals surface area contributed by atoms with E-state index in [0.717, 1.165) is 32.5 Å². The molecule has 0 bridgehead atoms. The Kier molecular flexibility index (Phi) is 5.94. The van der Waals surface area contributed by atoms with E-state index in [9.17, 15) is 0 Å². The van der Waals surface area contributed by atoms with Crippen molar-refractivity contribution in [1.29, 1.82) is 0 Å². The quantitative estimate of drug-likeness (QED) is 0.472. The second-order valence-corrected chi connectivity index (χ2v) is 7.17. The second kappa shape index (κ2) is 8.36. The van der Waals surface area contributed by atoms with Crippen LogP contribution in [-0.4, -0.2) is 0 Å². The van der Waals surface area contributed by atoms with Crippen LogP contribution in [0.25, 0.3) is 0 Å². The van der Waals surface area contributed by atoms with Crippen molar-refractivity contribution in [3.05, 3.63) is 92.9 Å². The first-order valence-electron chi connectivity index (χ1n) is 7.65. The van der Waals surface area contributed by atoms with Crippen molar-refractivity contribution >= 4 is 37.5 Å². The summed E-state index contributed by atoms with van der Waals surface area (Å²) in [6, 6.07) is 24.5. The fourth-order valence-corrected chi connectivity index (χ4v) is 3.08. The van der Waals surface area contributed by atoms with Gasteiger partial charge in [-0.25, -0.2) is 0 Å². The van der Waals surface area contributed by atoms with Gasteiger partial charge in [-0.15, -0.1) is 0 Å². The minimum atomic E-state index is 0.549. The Balaban J connectivity index is 1.59. The van der Waals surface area contributed by atoms with Crippen LogP contribution in [0.4, 0.5) is 5.69 Å². The van der Waals surface area contributed by atoms with Crippen LogP contribution in [0.2, 0.25) is 0 Å². The molecule has 122 valence electrons. The largest absolute Gasteiger partial charge is 0.488 e. The smallest absolute Gasteiger partial charge is 0.134 e. The van der Waals surface area contributed by atoms with Gasteiger partial charge in [0.15, 0.2) is 0 Å². The predicted molar refractivity (Wildman–Crippen MR) is 106 cm³/mol. The molecule has 0 radical (unpaired) electrons. The molecule has 0 unspecified atom stereocenters. The van der Waals surface area contributed by atoms with Gasteiger partial charge in [0.2, 0.25) is 0 Å². The number of para-hydroxylation sites is 1. The average molecular weight is 447 g/mol. The molecule has 0 atom stereocenters. The maximum Gasteiger partial charge on any atom is 0.134 e. The number of rotatable bonds is 6. The van der Waals surface area contributed by atoms with Crippen LogP contribution in [-0.2, 0) is 13.2 Å². The van der Waals surface area contributed by atoms with Gasteiger partial charge in [-0.05, 0) is 63.5 Å². The van der Waals surface area contributed by atoms with E-state index >= 15 is 0 Å². The molecule has 0 aliphatic carbocycles. The summed E-state index contributed by atoms with van der Waals surface area (Å²) < 4.78 is 7.93. The second-order valence-electron chi connectivity index (χ2n) is 5.40. The van der Waals surface area contributed by atoms with Crippen molar-refractivity contribution < 1.29 is 4.74 Å². The lowest BCUT2D eigenvalue weighted by atomic mass is 10.2. The monoisotopic (exact) mass is 445 g/mol. The maximum absolute atomic E-state index is 5.90. The van der Waals surface area contributed by atoms with Crippen LogP contribution in [0.15, 0.2) is 81.7 Å². The van der Waals surface area contributed by atoms with Crippen molar-refractivity contribution in [1.82, 2.24) is 0 Å². The molecule has 24 heavy (non-hydrogen) atoms. The van der Waals surface area contributed by atoms with Crippen molar-refractivity contribution in [3.8, 4) is 5.75 Å². The van der Waals surface area contributed by atoms with Gasteiger partial charge in [-0.1, -0.05) is 52.3 Å². The molecule has 0 saturated carbocycles. The molecule has 0 spiro atoms. The lowest BCUT2D eigenvalue weighted by Gasteiger charge is -2.11. The molecule has 3 rings (SSSR count). The lowest BCUT2D eigenvalue weighted by molar-refractivity contribution is 0.304. The Morgan fingerprint density at radius 2 is 1.50 bits per heavy atom. The molecule has 0 fully saturated rings. The van der Waals surface area contributed by atoms with E-state index in [1.165, 1.54) is 5.56 Å². The number of halogens is 2. The first kappa shape index (κ1) is 17.1. The first-order valence-corrected chi connectivity index (χ1v) is 9.24. The number of hydrogen-bond donors (Lipinski definition) is 1. The Morgan fingerprint density at radius 1 is 0.792 bits per heavy atom. The van der Waals surface area contributed by atoms with Crippen LogP contribution in [0.5, 0.6) is 5.75 Å². The number of nitrogens with one attached hydrogen (secondary N) is 1. The molecule has 3 aromatic carbocycles. The number of hydrogen-bond acceptors (Lipinski definition) is 2. The third-order valence-corrected chi connectivity index (χ3v) is 4.72. The molecule has 0 heterocycles. The van der Waals surface area contributed by atoms with Gasteiger partial charge in [0, 0.05) is 16.7 Å². The van der Waals surface area contributed by atoms with Gasteiger partial charge in [-0.2, -0.15) is 0 Å². The highest BCUT2D eigenvalue weighted by Gasteiger charge is 2.04. The Morgan fingerprint density at radius 3 is 2.21 bits per heavy atom. The normalized spacial score (nSPS) is 10.4. The molecular weight excluding hydrogens is 430 g/mol. The van der Waals surface area contributed by atoms with Crippen LogP contribution >= 0.6 is 31.9 Å². The van der Waals surface area contributed by atoms with Crippen LogP contribution < -0.4 is 10.1 Å². The highest BCUT2D eigenvalue weighted by Crippen LogP contribution is 2.27. The van der Waals surface area contributed by atoms with Crippen LogP contribution in [0, 0.1) is 0 Å². The molecule has 0 saturated heterocycles. The fraction of sp³-hybridized carbons (Fsp3) is 0.100. The lowest BCUT2D eigenvalue weighted by Crippen LogP contribution is -2.00. The Labute approximate surface area is 159 Å².